The summed E-state index contributed by atoms with van der Waals surface area (Å²) in [5, 5.41) is 15.1. The zero-order valence-electron chi connectivity index (χ0n) is 12.7. The highest BCUT2D eigenvalue weighted by molar-refractivity contribution is 8.01. The number of nitrogens with one attached hydrogen (secondary N) is 2. The Labute approximate surface area is 138 Å². The van der Waals surface area contributed by atoms with Crippen LogP contribution in [0.4, 0.5) is 5.13 Å². The Hall–Kier alpha value is -1.60. The lowest BCUT2D eigenvalue weighted by Gasteiger charge is -2.09. The van der Waals surface area contributed by atoms with Crippen LogP contribution in [0.2, 0.25) is 0 Å². The van der Waals surface area contributed by atoms with E-state index in [2.05, 4.69) is 33.0 Å². The number of carbonyl (C=O) groups is 1. The summed E-state index contributed by atoms with van der Waals surface area (Å²) in [7, 11) is 0. The lowest BCUT2D eigenvalue weighted by atomic mass is 10.2. The molecule has 7 heteroatoms. The normalized spacial score (nSPS) is 11.9. The van der Waals surface area contributed by atoms with Crippen LogP contribution in [-0.2, 0) is 11.3 Å². The number of benzene rings is 1. The van der Waals surface area contributed by atoms with E-state index in [1.807, 2.05) is 32.0 Å². The van der Waals surface area contributed by atoms with E-state index >= 15 is 0 Å². The van der Waals surface area contributed by atoms with Gasteiger partial charge in [-0.15, -0.1) is 10.2 Å². The predicted molar refractivity (Wildman–Crippen MR) is 92.3 cm³/mol. The molecule has 0 fully saturated rings. The fourth-order valence-corrected chi connectivity index (χ4v) is 3.22. The largest absolute Gasteiger partial charge is 0.356 e. The molecule has 0 bridgehead atoms. The predicted octanol–water partition coefficient (Wildman–Crippen LogP) is 3.16. The van der Waals surface area contributed by atoms with Crippen LogP contribution in [-0.4, -0.2) is 27.9 Å². The molecule has 0 aliphatic rings. The lowest BCUT2D eigenvalue weighted by molar-refractivity contribution is -0.119. The molecule has 2 aromatic rings. The highest BCUT2D eigenvalue weighted by Crippen LogP contribution is 2.25. The van der Waals surface area contributed by atoms with Crippen molar-refractivity contribution in [2.45, 2.75) is 37.2 Å². The summed E-state index contributed by atoms with van der Waals surface area (Å²) in [6.45, 7) is 4.77. The molecule has 2 N–H and O–H groups in total. The molecule has 1 heterocycles. The van der Waals surface area contributed by atoms with E-state index < -0.39 is 0 Å². The Kier molecular flexibility index (Phi) is 6.67. The van der Waals surface area contributed by atoms with E-state index in [-0.39, 0.29) is 11.9 Å². The molecule has 0 saturated carbocycles. The molecule has 1 amide bonds. The van der Waals surface area contributed by atoms with E-state index in [0.717, 1.165) is 15.9 Å². The van der Waals surface area contributed by atoms with Crippen LogP contribution < -0.4 is 10.6 Å². The number of rotatable bonds is 8. The van der Waals surface area contributed by atoms with Crippen molar-refractivity contribution in [2.75, 3.05) is 11.1 Å². The van der Waals surface area contributed by atoms with Gasteiger partial charge < -0.3 is 10.6 Å². The van der Waals surface area contributed by atoms with Crippen LogP contribution in [0.5, 0.6) is 0 Å². The zero-order chi connectivity index (χ0) is 15.8. The fourth-order valence-electron chi connectivity index (χ4n) is 1.66. The van der Waals surface area contributed by atoms with Gasteiger partial charge in [-0.2, -0.15) is 0 Å². The standard InChI is InChI=1S/C15H20N4OS2/c1-3-11(2)17-13(20)10-21-15-19-18-14(22-15)16-9-12-7-5-4-6-8-12/h4-8,11H,3,9-10H2,1-2H3,(H,16,18)(H,17,20)/t11-/m1/s1. The Morgan fingerprint density at radius 1 is 1.32 bits per heavy atom. The number of carbonyl (C=O) groups excluding carboxylic acids is 1. The first-order valence-electron chi connectivity index (χ1n) is 7.21. The van der Waals surface area contributed by atoms with Crippen LogP contribution >= 0.6 is 23.1 Å². The number of thioether (sulfide) groups is 1. The summed E-state index contributed by atoms with van der Waals surface area (Å²) in [6.07, 6.45) is 0.933. The van der Waals surface area contributed by atoms with Crippen molar-refractivity contribution in [2.24, 2.45) is 0 Å². The maximum atomic E-state index is 11.7. The lowest BCUT2D eigenvalue weighted by Crippen LogP contribution is -2.33. The molecule has 0 spiro atoms. The second-order valence-electron chi connectivity index (χ2n) is 4.88. The Bertz CT molecular complexity index is 588. The summed E-state index contributed by atoms with van der Waals surface area (Å²) in [6, 6.07) is 10.3. The summed E-state index contributed by atoms with van der Waals surface area (Å²) >= 11 is 2.88. The first-order valence-corrected chi connectivity index (χ1v) is 9.01. The minimum atomic E-state index is 0.0355. The SMILES string of the molecule is CC[C@@H](C)NC(=O)CSc1nnc(NCc2ccccc2)s1. The van der Waals surface area contributed by atoms with Crippen LogP contribution in [0.1, 0.15) is 25.8 Å². The van der Waals surface area contributed by atoms with Crippen molar-refractivity contribution in [3.8, 4) is 0 Å². The minimum Gasteiger partial charge on any atom is -0.356 e. The Morgan fingerprint density at radius 2 is 2.09 bits per heavy atom. The number of nitrogens with zero attached hydrogens (tertiary/aromatic N) is 2. The molecule has 2 rings (SSSR count). The van der Waals surface area contributed by atoms with Crippen molar-refractivity contribution in [1.82, 2.24) is 15.5 Å². The molecule has 22 heavy (non-hydrogen) atoms. The number of amides is 1. The van der Waals surface area contributed by atoms with Gasteiger partial charge in [0.25, 0.3) is 0 Å². The minimum absolute atomic E-state index is 0.0355. The first kappa shape index (κ1) is 16.8. The van der Waals surface area contributed by atoms with E-state index in [1.54, 1.807) is 0 Å². The average molecular weight is 336 g/mol. The average Bonchev–Trinajstić information content (AvgIpc) is 3.00. The van der Waals surface area contributed by atoms with E-state index in [1.165, 1.54) is 28.7 Å². The van der Waals surface area contributed by atoms with Crippen LogP contribution in [0.3, 0.4) is 0 Å². The Balaban J connectivity index is 1.75. The van der Waals surface area contributed by atoms with E-state index in [4.69, 9.17) is 0 Å². The fraction of sp³-hybridized carbons (Fsp3) is 0.400. The maximum absolute atomic E-state index is 11.7. The molecule has 118 valence electrons. The summed E-state index contributed by atoms with van der Waals surface area (Å²) in [5.41, 5.74) is 1.19. The van der Waals surface area contributed by atoms with Gasteiger partial charge in [-0.3, -0.25) is 4.79 Å². The van der Waals surface area contributed by atoms with Gasteiger partial charge >= 0.3 is 0 Å². The van der Waals surface area contributed by atoms with Crippen LogP contribution in [0, 0.1) is 0 Å². The van der Waals surface area contributed by atoms with Crippen molar-refractivity contribution >= 4 is 34.1 Å². The van der Waals surface area contributed by atoms with Crippen molar-refractivity contribution < 1.29 is 4.79 Å². The quantitative estimate of drug-likeness (QED) is 0.725. The molecule has 1 aromatic heterocycles. The molecular weight excluding hydrogens is 316 g/mol. The number of aromatic nitrogens is 2. The van der Waals surface area contributed by atoms with Crippen molar-refractivity contribution in [3.05, 3.63) is 35.9 Å². The highest BCUT2D eigenvalue weighted by atomic mass is 32.2. The molecule has 0 radical (unpaired) electrons. The summed E-state index contributed by atoms with van der Waals surface area (Å²) in [5.74, 6) is 0.408. The zero-order valence-corrected chi connectivity index (χ0v) is 14.3. The third-order valence-corrected chi connectivity index (χ3v) is 5.05. The molecule has 0 unspecified atom stereocenters. The monoisotopic (exact) mass is 336 g/mol. The molecule has 0 aliphatic heterocycles. The molecule has 5 nitrogen and oxygen atoms in total. The molecule has 1 atom stereocenters. The maximum Gasteiger partial charge on any atom is 0.230 e. The molecule has 1 aromatic carbocycles. The van der Waals surface area contributed by atoms with Gasteiger partial charge in [-0.05, 0) is 18.9 Å². The van der Waals surface area contributed by atoms with Gasteiger partial charge in [0.2, 0.25) is 11.0 Å². The highest BCUT2D eigenvalue weighted by Gasteiger charge is 2.09. The summed E-state index contributed by atoms with van der Waals surface area (Å²) < 4.78 is 0.801. The molecular formula is C15H20N4OS2. The summed E-state index contributed by atoms with van der Waals surface area (Å²) in [4.78, 5) is 11.7. The van der Waals surface area contributed by atoms with Gasteiger partial charge in [0.15, 0.2) is 4.34 Å². The second-order valence-corrected chi connectivity index (χ2v) is 7.08. The van der Waals surface area contributed by atoms with Crippen molar-refractivity contribution in [3.63, 3.8) is 0 Å². The number of hydrogen-bond donors (Lipinski definition) is 2. The van der Waals surface area contributed by atoms with Gasteiger partial charge in [0.1, 0.15) is 0 Å². The van der Waals surface area contributed by atoms with Gasteiger partial charge in [-0.25, -0.2) is 0 Å². The smallest absolute Gasteiger partial charge is 0.230 e. The van der Waals surface area contributed by atoms with Crippen molar-refractivity contribution in [1.29, 1.82) is 0 Å². The molecule has 0 saturated heterocycles. The third-order valence-electron chi connectivity index (χ3n) is 3.04. The second kappa shape index (κ2) is 8.75. The van der Waals surface area contributed by atoms with Gasteiger partial charge in [-0.1, -0.05) is 60.4 Å². The Morgan fingerprint density at radius 3 is 2.82 bits per heavy atom. The van der Waals surface area contributed by atoms with E-state index in [0.29, 0.717) is 12.3 Å². The van der Waals surface area contributed by atoms with E-state index in [9.17, 15) is 4.79 Å². The number of anilines is 1. The topological polar surface area (TPSA) is 66.9 Å². The first-order chi connectivity index (χ1) is 10.7. The van der Waals surface area contributed by atoms with Gasteiger partial charge in [0.05, 0.1) is 5.75 Å². The molecule has 0 aliphatic carbocycles. The number of hydrogen-bond acceptors (Lipinski definition) is 6. The van der Waals surface area contributed by atoms with Crippen LogP contribution in [0.15, 0.2) is 34.7 Å². The third kappa shape index (κ3) is 5.65. The van der Waals surface area contributed by atoms with Crippen LogP contribution in [0.25, 0.3) is 0 Å². The van der Waals surface area contributed by atoms with Gasteiger partial charge in [0, 0.05) is 12.6 Å².